The predicted octanol–water partition coefficient (Wildman–Crippen LogP) is 4.79. The van der Waals surface area contributed by atoms with Gasteiger partial charge in [-0.3, -0.25) is 4.79 Å². The molecule has 0 aliphatic carbocycles. The lowest BCUT2D eigenvalue weighted by Crippen LogP contribution is -2.03. The van der Waals surface area contributed by atoms with Gasteiger partial charge in [-0.25, -0.2) is 4.39 Å². The van der Waals surface area contributed by atoms with Crippen molar-refractivity contribution in [2.24, 2.45) is 0 Å². The van der Waals surface area contributed by atoms with Crippen LogP contribution in [-0.2, 0) is 6.42 Å². The van der Waals surface area contributed by atoms with Crippen LogP contribution in [0.2, 0.25) is 0 Å². The number of aryl methyl sites for hydroxylation is 1. The third kappa shape index (κ3) is 3.74. The Hall–Kier alpha value is -1.48. The van der Waals surface area contributed by atoms with E-state index < -0.39 is 5.82 Å². The maximum absolute atomic E-state index is 13.7. The molecule has 98 valence electrons. The van der Waals surface area contributed by atoms with Crippen molar-refractivity contribution in [2.75, 3.05) is 0 Å². The van der Waals surface area contributed by atoms with E-state index >= 15 is 0 Å². The molecule has 0 aliphatic rings. The minimum Gasteiger partial charge on any atom is -0.294 e. The monoisotopic (exact) mass is 320 g/mol. The van der Waals surface area contributed by atoms with Crippen LogP contribution >= 0.6 is 15.9 Å². The highest BCUT2D eigenvalue weighted by molar-refractivity contribution is 9.10. The first-order valence-electron chi connectivity index (χ1n) is 6.19. The topological polar surface area (TPSA) is 17.1 Å². The second-order valence-electron chi connectivity index (χ2n) is 4.36. The molecule has 3 heteroatoms. The molecule has 0 amide bonds. The number of rotatable bonds is 5. The van der Waals surface area contributed by atoms with Gasteiger partial charge < -0.3 is 0 Å². The van der Waals surface area contributed by atoms with E-state index in [1.807, 2.05) is 30.3 Å². The van der Waals surface area contributed by atoms with E-state index in [1.54, 1.807) is 12.1 Å². The second-order valence-corrected chi connectivity index (χ2v) is 5.22. The summed E-state index contributed by atoms with van der Waals surface area (Å²) in [5.74, 6) is -0.609. The molecule has 2 aromatic carbocycles. The van der Waals surface area contributed by atoms with Crippen molar-refractivity contribution in [3.8, 4) is 0 Å². The fourth-order valence-electron chi connectivity index (χ4n) is 1.95. The summed E-state index contributed by atoms with van der Waals surface area (Å²) < 4.78 is 14.1. The van der Waals surface area contributed by atoms with Crippen molar-refractivity contribution in [3.63, 3.8) is 0 Å². The quantitative estimate of drug-likeness (QED) is 0.723. The standard InChI is InChI=1S/C16H14BrFO/c17-14-10-5-9-13(16(14)18)15(19)11-4-8-12-6-2-1-3-7-12/h1-3,5-7,9-10H,4,8,11H2. The highest BCUT2D eigenvalue weighted by Gasteiger charge is 2.13. The van der Waals surface area contributed by atoms with Gasteiger partial charge in [0.15, 0.2) is 5.78 Å². The van der Waals surface area contributed by atoms with Gasteiger partial charge in [0.05, 0.1) is 10.0 Å². The molecule has 0 bridgehead atoms. The Morgan fingerprint density at radius 3 is 2.53 bits per heavy atom. The Morgan fingerprint density at radius 1 is 1.05 bits per heavy atom. The third-order valence-corrected chi connectivity index (χ3v) is 3.58. The zero-order valence-electron chi connectivity index (χ0n) is 10.4. The van der Waals surface area contributed by atoms with Crippen LogP contribution in [0.3, 0.4) is 0 Å². The summed E-state index contributed by atoms with van der Waals surface area (Å²) in [5, 5.41) is 0. The molecule has 0 spiro atoms. The lowest BCUT2D eigenvalue weighted by Gasteiger charge is -2.04. The van der Waals surface area contributed by atoms with E-state index in [0.29, 0.717) is 10.9 Å². The lowest BCUT2D eigenvalue weighted by molar-refractivity contribution is 0.0976. The van der Waals surface area contributed by atoms with E-state index in [4.69, 9.17) is 0 Å². The van der Waals surface area contributed by atoms with Gasteiger partial charge in [0, 0.05) is 6.42 Å². The molecule has 19 heavy (non-hydrogen) atoms. The van der Waals surface area contributed by atoms with Crippen molar-refractivity contribution < 1.29 is 9.18 Å². The van der Waals surface area contributed by atoms with Gasteiger partial charge in [-0.05, 0) is 46.5 Å². The summed E-state index contributed by atoms with van der Waals surface area (Å²) in [5.41, 5.74) is 1.37. The summed E-state index contributed by atoms with van der Waals surface area (Å²) in [6.07, 6.45) is 1.93. The molecule has 0 aromatic heterocycles. The Balaban J connectivity index is 1.93. The van der Waals surface area contributed by atoms with Gasteiger partial charge in [-0.1, -0.05) is 36.4 Å². The zero-order valence-corrected chi connectivity index (χ0v) is 12.0. The first-order valence-corrected chi connectivity index (χ1v) is 6.99. The molecule has 0 N–H and O–H groups in total. The van der Waals surface area contributed by atoms with Crippen LogP contribution in [0.15, 0.2) is 53.0 Å². The number of benzene rings is 2. The molecular weight excluding hydrogens is 307 g/mol. The van der Waals surface area contributed by atoms with Crippen molar-refractivity contribution in [1.29, 1.82) is 0 Å². The lowest BCUT2D eigenvalue weighted by atomic mass is 10.0. The van der Waals surface area contributed by atoms with Gasteiger partial charge in [0.1, 0.15) is 5.82 Å². The van der Waals surface area contributed by atoms with Gasteiger partial charge >= 0.3 is 0 Å². The van der Waals surface area contributed by atoms with Crippen LogP contribution < -0.4 is 0 Å². The summed E-state index contributed by atoms with van der Waals surface area (Å²) in [6.45, 7) is 0. The molecule has 2 rings (SSSR count). The first-order chi connectivity index (χ1) is 9.18. The molecule has 0 saturated carbocycles. The largest absolute Gasteiger partial charge is 0.294 e. The smallest absolute Gasteiger partial charge is 0.165 e. The Labute approximate surface area is 120 Å². The summed E-state index contributed by atoms with van der Waals surface area (Å²) in [4.78, 5) is 11.9. The molecular formula is C16H14BrFO. The van der Waals surface area contributed by atoms with E-state index in [1.165, 1.54) is 11.6 Å². The highest BCUT2D eigenvalue weighted by atomic mass is 79.9. The molecule has 0 heterocycles. The van der Waals surface area contributed by atoms with Crippen LogP contribution in [0.1, 0.15) is 28.8 Å². The van der Waals surface area contributed by atoms with Crippen molar-refractivity contribution in [1.82, 2.24) is 0 Å². The summed E-state index contributed by atoms with van der Waals surface area (Å²) in [7, 11) is 0. The van der Waals surface area contributed by atoms with Crippen LogP contribution in [0, 0.1) is 5.82 Å². The fourth-order valence-corrected chi connectivity index (χ4v) is 2.32. The molecule has 0 fully saturated rings. The van der Waals surface area contributed by atoms with E-state index in [9.17, 15) is 9.18 Å². The third-order valence-electron chi connectivity index (χ3n) is 2.96. The van der Waals surface area contributed by atoms with Gasteiger partial charge in [-0.2, -0.15) is 0 Å². The van der Waals surface area contributed by atoms with Gasteiger partial charge in [0.25, 0.3) is 0 Å². The number of carbonyl (C=O) groups is 1. The average molecular weight is 321 g/mol. The zero-order chi connectivity index (χ0) is 13.7. The SMILES string of the molecule is O=C(CCCc1ccccc1)c1cccc(Br)c1F. The summed E-state index contributed by atoms with van der Waals surface area (Å²) >= 11 is 3.09. The molecule has 1 nitrogen and oxygen atoms in total. The maximum atomic E-state index is 13.7. The molecule has 0 saturated heterocycles. The Morgan fingerprint density at radius 2 is 1.79 bits per heavy atom. The number of carbonyl (C=O) groups excluding carboxylic acids is 1. The van der Waals surface area contributed by atoms with E-state index in [-0.39, 0.29) is 11.3 Å². The molecule has 0 unspecified atom stereocenters. The average Bonchev–Trinajstić information content (AvgIpc) is 2.43. The van der Waals surface area contributed by atoms with Crippen LogP contribution in [0.5, 0.6) is 0 Å². The van der Waals surface area contributed by atoms with Gasteiger partial charge in [0.2, 0.25) is 0 Å². The van der Waals surface area contributed by atoms with Crippen LogP contribution in [0.4, 0.5) is 4.39 Å². The van der Waals surface area contributed by atoms with Crippen LogP contribution in [-0.4, -0.2) is 5.78 Å². The van der Waals surface area contributed by atoms with E-state index in [0.717, 1.165) is 12.8 Å². The maximum Gasteiger partial charge on any atom is 0.165 e. The Kier molecular flexibility index (Phi) is 4.86. The number of hydrogen-bond donors (Lipinski definition) is 0. The number of halogens is 2. The van der Waals surface area contributed by atoms with E-state index in [2.05, 4.69) is 15.9 Å². The number of Topliss-reactive ketones (excluding diaryl/α,β-unsaturated/α-hetero) is 1. The normalized spacial score (nSPS) is 10.4. The van der Waals surface area contributed by atoms with Gasteiger partial charge in [-0.15, -0.1) is 0 Å². The number of ketones is 1. The Bertz CT molecular complexity index is 566. The minimum absolute atomic E-state index is 0.144. The van der Waals surface area contributed by atoms with Crippen molar-refractivity contribution in [3.05, 3.63) is 69.9 Å². The van der Waals surface area contributed by atoms with Crippen molar-refractivity contribution in [2.45, 2.75) is 19.3 Å². The second kappa shape index (κ2) is 6.62. The van der Waals surface area contributed by atoms with Crippen molar-refractivity contribution >= 4 is 21.7 Å². The molecule has 2 aromatic rings. The highest BCUT2D eigenvalue weighted by Crippen LogP contribution is 2.20. The molecule has 0 aliphatic heterocycles. The fraction of sp³-hybridized carbons (Fsp3) is 0.188. The summed E-state index contributed by atoms with van der Waals surface area (Å²) in [6, 6.07) is 14.8. The minimum atomic E-state index is -0.466. The molecule has 0 radical (unpaired) electrons. The van der Waals surface area contributed by atoms with Crippen LogP contribution in [0.25, 0.3) is 0 Å². The first kappa shape index (κ1) is 13.9. The number of hydrogen-bond acceptors (Lipinski definition) is 1. The predicted molar refractivity (Wildman–Crippen MR) is 77.8 cm³/mol. The molecule has 0 atom stereocenters.